The molecule has 0 spiro atoms. The molecule has 0 unspecified atom stereocenters. The van der Waals surface area contributed by atoms with Crippen molar-refractivity contribution in [3.8, 4) is 0 Å². The van der Waals surface area contributed by atoms with Gasteiger partial charge in [-0.15, -0.1) is 0 Å². The highest BCUT2D eigenvalue weighted by molar-refractivity contribution is 5.69. The van der Waals surface area contributed by atoms with E-state index < -0.39 is 0 Å². The molecule has 0 radical (unpaired) electrons. The van der Waals surface area contributed by atoms with Gasteiger partial charge in [0, 0.05) is 6.20 Å². The van der Waals surface area contributed by atoms with Crippen molar-refractivity contribution in [3.05, 3.63) is 34.4 Å². The monoisotopic (exact) mass is 189 g/mol. The Hall–Kier alpha value is -1.71. The molecule has 0 fully saturated rings. The average Bonchev–Trinajstić information content (AvgIpc) is 2.16. The summed E-state index contributed by atoms with van der Waals surface area (Å²) in [6.45, 7) is 4.18. The number of aromatic nitrogens is 3. The number of fused-ring (bicyclic) bond motifs is 1. The molecule has 2 aromatic rings. The van der Waals surface area contributed by atoms with E-state index in [0.29, 0.717) is 11.6 Å². The van der Waals surface area contributed by atoms with Crippen LogP contribution in [0.1, 0.15) is 25.3 Å². The summed E-state index contributed by atoms with van der Waals surface area (Å²) in [5.41, 5.74) is 2.18. The SMILES string of the molecule is CC(C)c1cnc2[nH]c(=O)cnc2c1. The Morgan fingerprint density at radius 2 is 2.07 bits per heavy atom. The predicted molar refractivity (Wildman–Crippen MR) is 54.2 cm³/mol. The number of rotatable bonds is 1. The first-order chi connectivity index (χ1) is 6.66. The summed E-state index contributed by atoms with van der Waals surface area (Å²) in [5, 5.41) is 0. The van der Waals surface area contributed by atoms with Crippen LogP contribution >= 0.6 is 0 Å². The summed E-state index contributed by atoms with van der Waals surface area (Å²) in [6.07, 6.45) is 3.04. The maximum Gasteiger partial charge on any atom is 0.268 e. The normalized spacial score (nSPS) is 11.1. The maximum atomic E-state index is 10.9. The second-order valence-electron chi connectivity index (χ2n) is 3.54. The molecular formula is C10H11N3O. The minimum atomic E-state index is -0.220. The highest BCUT2D eigenvalue weighted by atomic mass is 16.1. The van der Waals surface area contributed by atoms with Gasteiger partial charge in [0.2, 0.25) is 0 Å². The molecule has 2 rings (SSSR count). The molecule has 0 atom stereocenters. The number of pyridine rings is 1. The van der Waals surface area contributed by atoms with Gasteiger partial charge in [0.1, 0.15) is 5.52 Å². The first-order valence-electron chi connectivity index (χ1n) is 4.52. The number of nitrogens with one attached hydrogen (secondary N) is 1. The van der Waals surface area contributed by atoms with E-state index in [1.165, 1.54) is 6.20 Å². The van der Waals surface area contributed by atoms with Crippen molar-refractivity contribution in [1.82, 2.24) is 15.0 Å². The topological polar surface area (TPSA) is 58.6 Å². The first kappa shape index (κ1) is 8.87. The zero-order chi connectivity index (χ0) is 10.1. The van der Waals surface area contributed by atoms with Gasteiger partial charge in [-0.2, -0.15) is 0 Å². The lowest BCUT2D eigenvalue weighted by Crippen LogP contribution is -2.06. The summed E-state index contributed by atoms with van der Waals surface area (Å²) in [7, 11) is 0. The number of hydrogen-bond acceptors (Lipinski definition) is 3. The van der Waals surface area contributed by atoms with Crippen molar-refractivity contribution >= 4 is 11.2 Å². The minimum absolute atomic E-state index is 0.220. The van der Waals surface area contributed by atoms with E-state index in [2.05, 4.69) is 28.8 Å². The Balaban J connectivity index is 2.67. The fourth-order valence-corrected chi connectivity index (χ4v) is 1.26. The van der Waals surface area contributed by atoms with Crippen LogP contribution in [0.3, 0.4) is 0 Å². The van der Waals surface area contributed by atoms with Crippen molar-refractivity contribution < 1.29 is 0 Å². The quantitative estimate of drug-likeness (QED) is 0.738. The van der Waals surface area contributed by atoms with Crippen molar-refractivity contribution in [2.24, 2.45) is 0 Å². The third kappa shape index (κ3) is 1.51. The van der Waals surface area contributed by atoms with Gasteiger partial charge in [-0.25, -0.2) is 9.97 Å². The van der Waals surface area contributed by atoms with Gasteiger partial charge in [-0.1, -0.05) is 13.8 Å². The van der Waals surface area contributed by atoms with E-state index in [-0.39, 0.29) is 5.56 Å². The Kier molecular flexibility index (Phi) is 2.04. The molecule has 2 heterocycles. The summed E-state index contributed by atoms with van der Waals surface area (Å²) in [4.78, 5) is 21.7. The van der Waals surface area contributed by atoms with E-state index in [4.69, 9.17) is 0 Å². The summed E-state index contributed by atoms with van der Waals surface area (Å²) >= 11 is 0. The van der Waals surface area contributed by atoms with Crippen LogP contribution in [0.2, 0.25) is 0 Å². The lowest BCUT2D eigenvalue weighted by Gasteiger charge is -2.04. The molecule has 0 saturated heterocycles. The highest BCUT2D eigenvalue weighted by Gasteiger charge is 2.02. The van der Waals surface area contributed by atoms with Gasteiger partial charge < -0.3 is 4.98 Å². The largest absolute Gasteiger partial charge is 0.304 e. The van der Waals surface area contributed by atoms with Gasteiger partial charge in [0.15, 0.2) is 5.65 Å². The number of hydrogen-bond donors (Lipinski definition) is 1. The van der Waals surface area contributed by atoms with Crippen LogP contribution in [0.15, 0.2) is 23.3 Å². The first-order valence-corrected chi connectivity index (χ1v) is 4.52. The summed E-state index contributed by atoms with van der Waals surface area (Å²) < 4.78 is 0. The summed E-state index contributed by atoms with van der Waals surface area (Å²) in [5.74, 6) is 0.417. The van der Waals surface area contributed by atoms with E-state index >= 15 is 0 Å². The lowest BCUT2D eigenvalue weighted by molar-refractivity contribution is 0.860. The van der Waals surface area contributed by atoms with E-state index in [1.54, 1.807) is 6.20 Å². The lowest BCUT2D eigenvalue weighted by atomic mass is 10.1. The van der Waals surface area contributed by atoms with Crippen LogP contribution in [0.25, 0.3) is 11.2 Å². The van der Waals surface area contributed by atoms with Gasteiger partial charge in [-0.3, -0.25) is 4.79 Å². The minimum Gasteiger partial charge on any atom is -0.304 e. The molecule has 1 N–H and O–H groups in total. The standard InChI is InChI=1S/C10H11N3O/c1-6(2)7-3-8-10(12-4-7)13-9(14)5-11-8/h3-6H,1-2H3,(H,12,13,14). The Labute approximate surface area is 81.0 Å². The number of aromatic amines is 1. The third-order valence-corrected chi connectivity index (χ3v) is 2.12. The molecule has 0 bridgehead atoms. The fourth-order valence-electron chi connectivity index (χ4n) is 1.26. The second-order valence-corrected chi connectivity index (χ2v) is 3.54. The zero-order valence-electron chi connectivity index (χ0n) is 8.11. The van der Waals surface area contributed by atoms with Gasteiger partial charge in [0.25, 0.3) is 5.56 Å². The molecule has 14 heavy (non-hydrogen) atoms. The highest BCUT2D eigenvalue weighted by Crippen LogP contribution is 2.15. The van der Waals surface area contributed by atoms with Crippen molar-refractivity contribution in [1.29, 1.82) is 0 Å². The molecule has 72 valence electrons. The summed E-state index contributed by atoms with van der Waals surface area (Å²) in [6, 6.07) is 1.95. The van der Waals surface area contributed by atoms with E-state index in [9.17, 15) is 4.79 Å². The molecule has 0 aliphatic carbocycles. The molecule has 0 saturated carbocycles. The van der Waals surface area contributed by atoms with Crippen LogP contribution in [-0.2, 0) is 0 Å². The van der Waals surface area contributed by atoms with Crippen molar-refractivity contribution in [2.45, 2.75) is 19.8 Å². The van der Waals surface area contributed by atoms with Gasteiger partial charge >= 0.3 is 0 Å². The number of H-pyrrole nitrogens is 1. The molecular weight excluding hydrogens is 178 g/mol. The van der Waals surface area contributed by atoms with Gasteiger partial charge in [-0.05, 0) is 17.5 Å². The second kappa shape index (κ2) is 3.21. The average molecular weight is 189 g/mol. The van der Waals surface area contributed by atoms with Crippen molar-refractivity contribution in [3.63, 3.8) is 0 Å². The molecule has 0 amide bonds. The van der Waals surface area contributed by atoms with E-state index in [1.807, 2.05) is 6.07 Å². The maximum absolute atomic E-state index is 10.9. The molecule has 2 aromatic heterocycles. The number of nitrogens with zero attached hydrogens (tertiary/aromatic N) is 2. The van der Waals surface area contributed by atoms with Crippen LogP contribution in [-0.4, -0.2) is 15.0 Å². The Morgan fingerprint density at radius 3 is 2.79 bits per heavy atom. The van der Waals surface area contributed by atoms with Crippen LogP contribution in [0.5, 0.6) is 0 Å². The fraction of sp³-hybridized carbons (Fsp3) is 0.300. The van der Waals surface area contributed by atoms with Crippen LogP contribution in [0, 0.1) is 0 Å². The predicted octanol–water partition coefficient (Wildman–Crippen LogP) is 1.44. The van der Waals surface area contributed by atoms with E-state index in [0.717, 1.165) is 11.1 Å². The van der Waals surface area contributed by atoms with Crippen LogP contribution < -0.4 is 5.56 Å². The molecule has 0 aromatic carbocycles. The van der Waals surface area contributed by atoms with Crippen molar-refractivity contribution in [2.75, 3.05) is 0 Å². The molecule has 0 aliphatic rings. The smallest absolute Gasteiger partial charge is 0.268 e. The van der Waals surface area contributed by atoms with Crippen LogP contribution in [0.4, 0.5) is 0 Å². The molecule has 0 aliphatic heterocycles. The Morgan fingerprint density at radius 1 is 1.29 bits per heavy atom. The zero-order valence-corrected chi connectivity index (χ0v) is 8.11. The molecule has 4 nitrogen and oxygen atoms in total. The Bertz CT molecular complexity index is 516. The third-order valence-electron chi connectivity index (χ3n) is 2.12. The molecule has 4 heteroatoms. The van der Waals surface area contributed by atoms with Gasteiger partial charge in [0.05, 0.1) is 6.20 Å².